The lowest BCUT2D eigenvalue weighted by Gasteiger charge is -2.34. The van der Waals surface area contributed by atoms with Gasteiger partial charge >= 0.3 is 0 Å². The predicted molar refractivity (Wildman–Crippen MR) is 84.6 cm³/mol. The molecule has 2 amide bonds. The van der Waals surface area contributed by atoms with Crippen LogP contribution in [0.25, 0.3) is 0 Å². The summed E-state index contributed by atoms with van der Waals surface area (Å²) >= 11 is 0. The van der Waals surface area contributed by atoms with E-state index in [-0.39, 0.29) is 30.3 Å². The molecule has 1 aliphatic heterocycles. The molecule has 1 aromatic rings. The number of carbonyl (C=O) groups is 2. The van der Waals surface area contributed by atoms with Gasteiger partial charge in [0.15, 0.2) is 0 Å². The number of nitrogens with one attached hydrogen (secondary N) is 2. The number of nitrogens with zero attached hydrogens (tertiary/aromatic N) is 1. The van der Waals surface area contributed by atoms with E-state index >= 15 is 0 Å². The Labute approximate surface area is 131 Å². The summed E-state index contributed by atoms with van der Waals surface area (Å²) in [6, 6.07) is 7.64. The largest absolute Gasteiger partial charge is 0.352 e. The first-order valence-electron chi connectivity index (χ1n) is 6.93. The second-order valence-corrected chi connectivity index (χ2v) is 5.16. The van der Waals surface area contributed by atoms with Crippen LogP contribution < -0.4 is 10.6 Å². The molecule has 1 atom stereocenters. The highest BCUT2D eigenvalue weighted by Crippen LogP contribution is 2.11. The van der Waals surface area contributed by atoms with E-state index in [1.165, 1.54) is 6.92 Å². The van der Waals surface area contributed by atoms with E-state index in [0.29, 0.717) is 12.1 Å². The standard InChI is InChI=1S/C15H21N3O2.ClH/c1-11-9-16-7-8-18(11)15(20)14-5-3-13(4-6-14)10-17-12(2)19;/h3-6,11,16H,7-10H2,1-2H3,(H,17,19);1H/t11-;/m1./s1. The Hall–Kier alpha value is -1.59. The number of hydrogen-bond acceptors (Lipinski definition) is 3. The molecule has 1 aromatic carbocycles. The quantitative estimate of drug-likeness (QED) is 0.881. The minimum absolute atomic E-state index is 0. The minimum atomic E-state index is -0.0557. The van der Waals surface area contributed by atoms with Crippen LogP contribution in [0, 0.1) is 0 Å². The molecule has 0 aliphatic carbocycles. The number of halogens is 1. The monoisotopic (exact) mass is 311 g/mol. The molecule has 0 saturated carbocycles. The van der Waals surface area contributed by atoms with Crippen LogP contribution in [0.4, 0.5) is 0 Å². The second kappa shape index (κ2) is 8.00. The van der Waals surface area contributed by atoms with Gasteiger partial charge in [-0.3, -0.25) is 9.59 Å². The van der Waals surface area contributed by atoms with Crippen molar-refractivity contribution in [1.29, 1.82) is 0 Å². The van der Waals surface area contributed by atoms with E-state index in [4.69, 9.17) is 0 Å². The van der Waals surface area contributed by atoms with Crippen molar-refractivity contribution in [3.05, 3.63) is 35.4 Å². The van der Waals surface area contributed by atoms with Gasteiger partial charge in [0.2, 0.25) is 5.91 Å². The summed E-state index contributed by atoms with van der Waals surface area (Å²) in [5.74, 6) is 0.0184. The van der Waals surface area contributed by atoms with E-state index < -0.39 is 0 Å². The Morgan fingerprint density at radius 3 is 2.57 bits per heavy atom. The first-order valence-corrected chi connectivity index (χ1v) is 6.93. The van der Waals surface area contributed by atoms with E-state index in [1.807, 2.05) is 29.2 Å². The van der Waals surface area contributed by atoms with Gasteiger partial charge in [0.1, 0.15) is 0 Å². The first-order chi connectivity index (χ1) is 9.58. The van der Waals surface area contributed by atoms with Gasteiger partial charge in [0.05, 0.1) is 0 Å². The van der Waals surface area contributed by atoms with Crippen molar-refractivity contribution in [2.75, 3.05) is 19.6 Å². The number of carbonyl (C=O) groups excluding carboxylic acids is 2. The molecule has 1 fully saturated rings. The lowest BCUT2D eigenvalue weighted by molar-refractivity contribution is -0.119. The van der Waals surface area contributed by atoms with E-state index in [2.05, 4.69) is 17.6 Å². The van der Waals surface area contributed by atoms with Crippen LogP contribution in [0.15, 0.2) is 24.3 Å². The maximum Gasteiger partial charge on any atom is 0.254 e. The van der Waals surface area contributed by atoms with Crippen molar-refractivity contribution in [3.63, 3.8) is 0 Å². The van der Waals surface area contributed by atoms with Crippen molar-refractivity contribution in [2.45, 2.75) is 26.4 Å². The summed E-state index contributed by atoms with van der Waals surface area (Å²) in [5, 5.41) is 6.01. The van der Waals surface area contributed by atoms with Crippen LogP contribution in [0.1, 0.15) is 29.8 Å². The molecule has 0 spiro atoms. The van der Waals surface area contributed by atoms with Crippen molar-refractivity contribution in [2.24, 2.45) is 0 Å². The highest BCUT2D eigenvalue weighted by molar-refractivity contribution is 5.94. The zero-order chi connectivity index (χ0) is 14.5. The zero-order valence-electron chi connectivity index (χ0n) is 12.4. The summed E-state index contributed by atoms with van der Waals surface area (Å²) in [5.41, 5.74) is 1.69. The summed E-state index contributed by atoms with van der Waals surface area (Å²) in [6.07, 6.45) is 0. The molecular formula is C15H22ClN3O2. The third kappa shape index (κ3) is 4.72. The number of benzene rings is 1. The molecule has 6 heteroatoms. The van der Waals surface area contributed by atoms with Crippen LogP contribution in [0.2, 0.25) is 0 Å². The molecule has 116 valence electrons. The molecule has 1 saturated heterocycles. The normalized spacial score (nSPS) is 17.8. The molecule has 21 heavy (non-hydrogen) atoms. The van der Waals surface area contributed by atoms with E-state index in [9.17, 15) is 9.59 Å². The lowest BCUT2D eigenvalue weighted by Crippen LogP contribution is -2.52. The van der Waals surface area contributed by atoms with Gasteiger partial charge in [-0.05, 0) is 24.6 Å². The number of amides is 2. The molecular weight excluding hydrogens is 290 g/mol. The Balaban J connectivity index is 0.00000220. The predicted octanol–water partition coefficient (Wildman–Crippen LogP) is 1.18. The smallest absolute Gasteiger partial charge is 0.254 e. The molecule has 1 heterocycles. The van der Waals surface area contributed by atoms with Crippen LogP contribution >= 0.6 is 12.4 Å². The lowest BCUT2D eigenvalue weighted by atomic mass is 10.1. The molecule has 2 rings (SSSR count). The molecule has 0 aromatic heterocycles. The third-order valence-electron chi connectivity index (χ3n) is 3.50. The Bertz CT molecular complexity index is 490. The Kier molecular flexibility index (Phi) is 6.65. The molecule has 0 radical (unpaired) electrons. The third-order valence-corrected chi connectivity index (χ3v) is 3.50. The summed E-state index contributed by atoms with van der Waals surface area (Å²) in [4.78, 5) is 25.2. The first kappa shape index (κ1) is 17.5. The van der Waals surface area contributed by atoms with Crippen LogP contribution in [-0.4, -0.2) is 42.4 Å². The summed E-state index contributed by atoms with van der Waals surface area (Å²) in [6.45, 7) is 6.46. The highest BCUT2D eigenvalue weighted by atomic mass is 35.5. The summed E-state index contributed by atoms with van der Waals surface area (Å²) < 4.78 is 0. The van der Waals surface area contributed by atoms with Gasteiger partial charge in [-0.2, -0.15) is 0 Å². The van der Waals surface area contributed by atoms with Crippen molar-refractivity contribution in [3.8, 4) is 0 Å². The van der Waals surface area contributed by atoms with Crippen LogP contribution in [0.5, 0.6) is 0 Å². The topological polar surface area (TPSA) is 61.4 Å². The molecule has 1 aliphatic rings. The van der Waals surface area contributed by atoms with Crippen molar-refractivity contribution < 1.29 is 9.59 Å². The van der Waals surface area contributed by atoms with Gasteiger partial charge in [-0.25, -0.2) is 0 Å². The van der Waals surface area contributed by atoms with Gasteiger partial charge in [0.25, 0.3) is 5.91 Å². The maximum absolute atomic E-state index is 12.4. The molecule has 5 nitrogen and oxygen atoms in total. The van der Waals surface area contributed by atoms with Gasteiger partial charge in [0, 0.05) is 44.7 Å². The average molecular weight is 312 g/mol. The SMILES string of the molecule is CC(=O)NCc1ccc(C(=O)N2CCNC[C@H]2C)cc1.Cl. The van der Waals surface area contributed by atoms with Gasteiger partial charge in [-0.1, -0.05) is 12.1 Å². The molecule has 2 N–H and O–H groups in total. The van der Waals surface area contributed by atoms with Crippen LogP contribution in [0.3, 0.4) is 0 Å². The number of rotatable bonds is 3. The second-order valence-electron chi connectivity index (χ2n) is 5.16. The maximum atomic E-state index is 12.4. The zero-order valence-corrected chi connectivity index (χ0v) is 13.2. The highest BCUT2D eigenvalue weighted by Gasteiger charge is 2.23. The molecule has 0 unspecified atom stereocenters. The summed E-state index contributed by atoms with van der Waals surface area (Å²) in [7, 11) is 0. The average Bonchev–Trinajstić information content (AvgIpc) is 2.45. The van der Waals surface area contributed by atoms with E-state index in [0.717, 1.165) is 25.2 Å². The van der Waals surface area contributed by atoms with Crippen molar-refractivity contribution in [1.82, 2.24) is 15.5 Å². The fourth-order valence-corrected chi connectivity index (χ4v) is 2.30. The Morgan fingerprint density at radius 2 is 2.00 bits per heavy atom. The Morgan fingerprint density at radius 1 is 1.33 bits per heavy atom. The molecule has 0 bridgehead atoms. The fourth-order valence-electron chi connectivity index (χ4n) is 2.30. The number of piperazine rings is 1. The minimum Gasteiger partial charge on any atom is -0.352 e. The van der Waals surface area contributed by atoms with Gasteiger partial charge in [-0.15, -0.1) is 12.4 Å². The van der Waals surface area contributed by atoms with Gasteiger partial charge < -0.3 is 15.5 Å². The fraction of sp³-hybridized carbons (Fsp3) is 0.467. The van der Waals surface area contributed by atoms with Crippen LogP contribution in [-0.2, 0) is 11.3 Å². The van der Waals surface area contributed by atoms with Crippen molar-refractivity contribution >= 4 is 24.2 Å². The number of hydrogen-bond donors (Lipinski definition) is 2. The van der Waals surface area contributed by atoms with E-state index in [1.54, 1.807) is 0 Å².